The van der Waals surface area contributed by atoms with Crippen molar-refractivity contribution < 1.29 is 31.8 Å². The number of fused-ring (bicyclic) bond motifs is 3. The average molecular weight is 709 g/mol. The summed E-state index contributed by atoms with van der Waals surface area (Å²) in [6.07, 6.45) is -3.05. The van der Waals surface area contributed by atoms with Crippen LogP contribution in [0.5, 0.6) is 6.01 Å². The molecule has 0 saturated carbocycles. The lowest BCUT2D eigenvalue weighted by Gasteiger charge is -2.33. The monoisotopic (exact) mass is 708 g/mol. The number of carbonyl (C=O) groups is 1. The molecule has 2 fully saturated rings. The Bertz CT molecular complexity index is 1970. The van der Waals surface area contributed by atoms with E-state index in [1.54, 1.807) is 20.2 Å². The molecule has 15 heteroatoms. The van der Waals surface area contributed by atoms with E-state index in [1.807, 2.05) is 9.58 Å². The first kappa shape index (κ1) is 34.8. The molecule has 7 rings (SSSR count). The summed E-state index contributed by atoms with van der Waals surface area (Å²) in [7, 11) is 3.33. The van der Waals surface area contributed by atoms with Crippen molar-refractivity contribution in [3.8, 4) is 17.9 Å². The van der Waals surface area contributed by atoms with Gasteiger partial charge in [-0.3, -0.25) is 14.4 Å². The molecule has 0 aliphatic carbocycles. The van der Waals surface area contributed by atoms with Crippen LogP contribution in [0.25, 0.3) is 0 Å². The summed E-state index contributed by atoms with van der Waals surface area (Å²) < 4.78 is 73.7. The number of halogens is 4. The fraction of sp³-hybridized carbons (Fsp3) is 0.500. The molecule has 51 heavy (non-hydrogen) atoms. The highest BCUT2D eigenvalue weighted by molar-refractivity contribution is 5.92. The molecule has 2 aromatic heterocycles. The van der Waals surface area contributed by atoms with Gasteiger partial charge >= 0.3 is 12.2 Å². The fourth-order valence-electron chi connectivity index (χ4n) is 7.91. The fourth-order valence-corrected chi connectivity index (χ4v) is 7.91. The number of nitrogens with zero attached hydrogens (tertiary/aromatic N) is 7. The van der Waals surface area contributed by atoms with Crippen LogP contribution in [0.1, 0.15) is 82.8 Å². The first-order valence-corrected chi connectivity index (χ1v) is 17.0. The van der Waals surface area contributed by atoms with Gasteiger partial charge in [-0.15, -0.1) is 5.92 Å². The van der Waals surface area contributed by atoms with Gasteiger partial charge in [-0.1, -0.05) is 18.1 Å². The van der Waals surface area contributed by atoms with Crippen LogP contribution >= 0.6 is 0 Å². The molecule has 1 aromatic carbocycles. The van der Waals surface area contributed by atoms with Gasteiger partial charge in [0, 0.05) is 56.8 Å². The second-order valence-corrected chi connectivity index (χ2v) is 13.9. The molecule has 4 aliphatic rings. The molecular weight excluding hydrogens is 668 g/mol. The molecule has 0 radical (unpaired) electrons. The topological polar surface area (TPSA) is 115 Å². The summed E-state index contributed by atoms with van der Waals surface area (Å²) >= 11 is 0. The second-order valence-electron chi connectivity index (χ2n) is 13.9. The van der Waals surface area contributed by atoms with Gasteiger partial charge < -0.3 is 25.0 Å². The number of nitrogen functional groups attached to an aromatic ring is 1. The summed E-state index contributed by atoms with van der Waals surface area (Å²) in [5.74, 6) is 4.00. The number of rotatable bonds is 6. The average Bonchev–Trinajstić information content (AvgIpc) is 3.70. The normalized spacial score (nSPS) is 21.7. The van der Waals surface area contributed by atoms with Crippen molar-refractivity contribution in [2.24, 2.45) is 0 Å². The third kappa shape index (κ3) is 6.40. The van der Waals surface area contributed by atoms with Crippen molar-refractivity contribution in [1.82, 2.24) is 29.5 Å². The molecule has 11 nitrogen and oxygen atoms in total. The Kier molecular flexibility index (Phi) is 8.95. The molecule has 0 spiro atoms. The number of anilines is 2. The molecule has 6 heterocycles. The molecule has 1 amide bonds. The number of nitrogens with two attached hydrogens (primary N) is 1. The number of alkyl halides is 3. The van der Waals surface area contributed by atoms with Crippen LogP contribution in [0.4, 0.5) is 29.1 Å². The molecule has 3 aromatic rings. The molecule has 270 valence electrons. The predicted molar refractivity (Wildman–Crippen MR) is 180 cm³/mol. The van der Waals surface area contributed by atoms with Crippen LogP contribution in [0.2, 0.25) is 0 Å². The zero-order valence-electron chi connectivity index (χ0n) is 28.9. The minimum absolute atomic E-state index is 0.0750. The molecule has 2 unspecified atom stereocenters. The molecule has 2 N–H and O–H groups in total. The van der Waals surface area contributed by atoms with Gasteiger partial charge in [-0.25, -0.2) is 4.39 Å². The van der Waals surface area contributed by atoms with Crippen LogP contribution in [0.3, 0.4) is 0 Å². The molecular formula is C36H40F4N8O3. The maximum atomic E-state index is 15.7. The second kappa shape index (κ2) is 13.1. The number of amides is 1. The Hall–Kier alpha value is -4.68. The number of benzene rings is 1. The summed E-state index contributed by atoms with van der Waals surface area (Å²) in [5.41, 5.74) is 6.09. The zero-order chi connectivity index (χ0) is 36.2. The van der Waals surface area contributed by atoms with Crippen LogP contribution in [0, 0.1) is 17.7 Å². The number of aryl methyl sites for hydroxylation is 1. The van der Waals surface area contributed by atoms with Crippen molar-refractivity contribution >= 4 is 17.4 Å². The van der Waals surface area contributed by atoms with E-state index in [1.165, 1.54) is 11.8 Å². The Balaban J connectivity index is 1.29. The van der Waals surface area contributed by atoms with Crippen molar-refractivity contribution in [2.75, 3.05) is 51.0 Å². The highest BCUT2D eigenvalue weighted by atomic mass is 19.4. The number of ether oxygens (including phenoxy) is 2. The van der Waals surface area contributed by atoms with E-state index < -0.39 is 40.5 Å². The largest absolute Gasteiger partial charge is 0.461 e. The van der Waals surface area contributed by atoms with Crippen LogP contribution in [0.15, 0.2) is 24.3 Å². The number of hydrogen-bond donors (Lipinski definition) is 1. The van der Waals surface area contributed by atoms with E-state index in [9.17, 15) is 18.0 Å². The van der Waals surface area contributed by atoms with Gasteiger partial charge in [0.1, 0.15) is 12.4 Å². The van der Waals surface area contributed by atoms with Crippen molar-refractivity contribution in [2.45, 2.75) is 76.5 Å². The van der Waals surface area contributed by atoms with Gasteiger partial charge in [0.15, 0.2) is 11.5 Å². The maximum absolute atomic E-state index is 15.7. The lowest BCUT2D eigenvalue weighted by molar-refractivity contribution is -0.140. The van der Waals surface area contributed by atoms with E-state index in [-0.39, 0.29) is 30.5 Å². The van der Waals surface area contributed by atoms with E-state index in [0.29, 0.717) is 55.4 Å². The Labute approximate surface area is 293 Å². The molecule has 0 bridgehead atoms. The molecule has 4 aliphatic heterocycles. The predicted octanol–water partition coefficient (Wildman–Crippen LogP) is 4.88. The van der Waals surface area contributed by atoms with Gasteiger partial charge in [0.2, 0.25) is 0 Å². The zero-order valence-corrected chi connectivity index (χ0v) is 28.9. The number of carbonyl (C=O) groups excluding carboxylic acids is 1. The van der Waals surface area contributed by atoms with E-state index in [0.717, 1.165) is 49.7 Å². The quantitative estimate of drug-likeness (QED) is 0.166. The van der Waals surface area contributed by atoms with Crippen molar-refractivity contribution in [3.05, 3.63) is 69.4 Å². The minimum Gasteiger partial charge on any atom is -0.461 e. The van der Waals surface area contributed by atoms with E-state index in [4.69, 9.17) is 25.2 Å². The van der Waals surface area contributed by atoms with Gasteiger partial charge in [0.05, 0.1) is 47.4 Å². The summed E-state index contributed by atoms with van der Waals surface area (Å²) in [6, 6.07) is 2.74. The summed E-state index contributed by atoms with van der Waals surface area (Å²) in [4.78, 5) is 28.2. The van der Waals surface area contributed by atoms with Crippen LogP contribution < -0.4 is 15.4 Å². The minimum atomic E-state index is -4.93. The first-order chi connectivity index (χ1) is 24.3. The summed E-state index contributed by atoms with van der Waals surface area (Å²) in [6.45, 7) is 8.95. The number of hydrogen-bond acceptors (Lipinski definition) is 9. The number of aromatic nitrogens is 4. The smallest absolute Gasteiger partial charge is 0.418 e. The van der Waals surface area contributed by atoms with Gasteiger partial charge in [-0.05, 0) is 51.3 Å². The van der Waals surface area contributed by atoms with Crippen LogP contribution in [-0.2, 0) is 37.0 Å². The van der Waals surface area contributed by atoms with Gasteiger partial charge in [0.25, 0.3) is 5.91 Å². The Morgan fingerprint density at radius 3 is 2.75 bits per heavy atom. The third-order valence-electron chi connectivity index (χ3n) is 10.2. The molecule has 2 atom stereocenters. The SMILES string of the molecule is C=C1CN2CCCC2(COc2nc3c(c(N4CCCn5nc(C(=O)N(C)C)cc5C4)n2)COC(c2c(F)c(N)cc(C#CC)c2C(F)(F)F)C3)C1. The standard InChI is InChI=1S/C36H40F4N8O3/c1-5-8-22-13-25(41)31(37)29(30(22)36(38,39)40)28-15-26-24(19-50-28)32(43-34(42-26)51-20-35-9-6-11-47(35)17-21(2)16-35)46-10-7-12-48-23(18-46)14-27(44-48)33(49)45(3)4/h13-14,28H,2,6-7,9-12,15-20,41H2,1,3-4H3. The highest BCUT2D eigenvalue weighted by Gasteiger charge is 2.47. The third-order valence-corrected chi connectivity index (χ3v) is 10.2. The van der Waals surface area contributed by atoms with Crippen molar-refractivity contribution in [3.63, 3.8) is 0 Å². The van der Waals surface area contributed by atoms with Gasteiger partial charge in [-0.2, -0.15) is 28.2 Å². The van der Waals surface area contributed by atoms with Crippen LogP contribution in [-0.4, -0.2) is 81.3 Å². The van der Waals surface area contributed by atoms with E-state index >= 15 is 4.39 Å². The lowest BCUT2D eigenvalue weighted by Crippen LogP contribution is -2.43. The lowest BCUT2D eigenvalue weighted by atomic mass is 9.91. The molecule has 2 saturated heterocycles. The first-order valence-electron chi connectivity index (χ1n) is 17.0. The van der Waals surface area contributed by atoms with E-state index in [2.05, 4.69) is 28.4 Å². The maximum Gasteiger partial charge on any atom is 0.418 e. The Morgan fingerprint density at radius 2 is 2.00 bits per heavy atom. The highest BCUT2D eigenvalue weighted by Crippen LogP contribution is 2.45. The summed E-state index contributed by atoms with van der Waals surface area (Å²) in [5, 5.41) is 4.54. The Morgan fingerprint density at radius 1 is 1.20 bits per heavy atom. The van der Waals surface area contributed by atoms with Crippen molar-refractivity contribution in [1.29, 1.82) is 0 Å².